The molecule has 5 nitrogen and oxygen atoms in total. The smallest absolute Gasteiger partial charge is 0.389 e. The number of hydrogen-bond donors (Lipinski definition) is 1. The average Bonchev–Trinajstić information content (AvgIpc) is 2.88. The first kappa shape index (κ1) is 12.1. The first-order valence-electron chi connectivity index (χ1n) is 5.83. The molecule has 5 heteroatoms. The van der Waals surface area contributed by atoms with Gasteiger partial charge >= 0.3 is 6.20 Å². The minimum atomic E-state index is -0.395. The maximum atomic E-state index is 12.3. The van der Waals surface area contributed by atoms with E-state index >= 15 is 0 Å². The van der Waals surface area contributed by atoms with Crippen molar-refractivity contribution in [3.05, 3.63) is 52.8 Å². The van der Waals surface area contributed by atoms with E-state index in [0.29, 0.717) is 18.5 Å². The minimum absolute atomic E-state index is 0.0840. The van der Waals surface area contributed by atoms with Crippen molar-refractivity contribution in [1.82, 2.24) is 4.90 Å². The van der Waals surface area contributed by atoms with Crippen LogP contribution in [0, 0.1) is 5.39 Å². The third-order valence-corrected chi connectivity index (χ3v) is 3.07. The highest BCUT2D eigenvalue weighted by atomic mass is 16.3. The molecule has 1 heterocycles. The molecule has 18 heavy (non-hydrogen) atoms. The van der Waals surface area contributed by atoms with Gasteiger partial charge in [-0.05, 0) is 25.0 Å². The molecule has 1 aliphatic heterocycles. The van der Waals surface area contributed by atoms with Crippen LogP contribution in [0.25, 0.3) is 4.98 Å². The van der Waals surface area contributed by atoms with Crippen LogP contribution >= 0.6 is 0 Å². The molecule has 92 valence electrons. The van der Waals surface area contributed by atoms with Crippen molar-refractivity contribution in [3.63, 3.8) is 0 Å². The summed E-state index contributed by atoms with van der Waals surface area (Å²) in [7, 11) is 0. The Morgan fingerprint density at radius 1 is 1.44 bits per heavy atom. The molecule has 1 unspecified atom stereocenters. The Balaban J connectivity index is 2.21. The Morgan fingerprint density at radius 3 is 2.83 bits per heavy atom. The van der Waals surface area contributed by atoms with Crippen molar-refractivity contribution in [1.29, 1.82) is 5.39 Å². The zero-order valence-corrected chi connectivity index (χ0v) is 9.86. The number of carbonyl (C=O) groups excluding carboxylic acids is 1. The second-order valence-corrected chi connectivity index (χ2v) is 4.19. The molecule has 1 atom stereocenters. The van der Waals surface area contributed by atoms with Crippen LogP contribution in [0.1, 0.15) is 23.2 Å². The van der Waals surface area contributed by atoms with Crippen LogP contribution < -0.4 is 0 Å². The highest BCUT2D eigenvalue weighted by molar-refractivity contribution is 5.94. The molecule has 1 saturated heterocycles. The van der Waals surface area contributed by atoms with Crippen molar-refractivity contribution < 1.29 is 9.90 Å². The maximum absolute atomic E-state index is 12.3. The average molecular weight is 244 g/mol. The van der Waals surface area contributed by atoms with E-state index in [2.05, 4.69) is 4.98 Å². The van der Waals surface area contributed by atoms with Crippen LogP contribution in [0.3, 0.4) is 0 Å². The van der Waals surface area contributed by atoms with Crippen molar-refractivity contribution in [2.75, 3.05) is 6.54 Å². The third kappa shape index (κ3) is 2.33. The summed E-state index contributed by atoms with van der Waals surface area (Å²) < 4.78 is 0. The maximum Gasteiger partial charge on any atom is 0.389 e. The predicted octanol–water partition coefficient (Wildman–Crippen LogP) is 2.54. The second kappa shape index (κ2) is 5.32. The van der Waals surface area contributed by atoms with Crippen LogP contribution in [0.5, 0.6) is 0 Å². The number of rotatable bonds is 2. The zero-order valence-electron chi connectivity index (χ0n) is 9.86. The van der Waals surface area contributed by atoms with Crippen molar-refractivity contribution in [3.8, 4) is 0 Å². The van der Waals surface area contributed by atoms with Crippen molar-refractivity contribution in [2.45, 2.75) is 18.9 Å². The van der Waals surface area contributed by atoms with Crippen LogP contribution in [-0.4, -0.2) is 28.5 Å². The summed E-state index contributed by atoms with van der Waals surface area (Å²) in [5, 5.41) is 18.2. The molecule has 0 aliphatic carbocycles. The molecule has 0 aromatic heterocycles. The summed E-state index contributed by atoms with van der Waals surface area (Å²) in [4.78, 5) is 16.7. The number of carbonyl (C=O) groups is 1. The molecule has 1 fully saturated rings. The summed E-state index contributed by atoms with van der Waals surface area (Å²) in [6.07, 6.45) is 2.48. The fourth-order valence-electron chi connectivity index (χ4n) is 2.21. The number of nitrogens with zero attached hydrogens (tertiary/aromatic N) is 3. The number of likely N-dealkylation sites (tertiary alicyclic amines) is 1. The van der Waals surface area contributed by atoms with Gasteiger partial charge in [0.15, 0.2) is 4.98 Å². The third-order valence-electron chi connectivity index (χ3n) is 3.07. The Labute approximate surface area is 105 Å². The highest BCUT2D eigenvalue weighted by Gasteiger charge is 2.33. The number of aliphatic hydroxyl groups is 1. The number of hydrogen-bond acceptors (Lipinski definition) is 3. The van der Waals surface area contributed by atoms with E-state index in [1.807, 2.05) is 6.07 Å². The fourth-order valence-corrected chi connectivity index (χ4v) is 2.21. The molecule has 1 N–H and O–H groups in total. The van der Waals surface area contributed by atoms with Gasteiger partial charge in [-0.25, -0.2) is 0 Å². The van der Waals surface area contributed by atoms with E-state index in [0.717, 1.165) is 12.6 Å². The van der Waals surface area contributed by atoms with Gasteiger partial charge in [0.05, 0.1) is 6.04 Å². The van der Waals surface area contributed by atoms with Gasteiger partial charge in [0.2, 0.25) is 11.2 Å². The van der Waals surface area contributed by atoms with Gasteiger partial charge in [-0.3, -0.25) is 4.79 Å². The molecule has 0 saturated carbocycles. The molecule has 1 aromatic carbocycles. The van der Waals surface area contributed by atoms with E-state index in [9.17, 15) is 9.90 Å². The molecule has 1 amide bonds. The van der Waals surface area contributed by atoms with Crippen LogP contribution in [-0.2, 0) is 0 Å². The lowest BCUT2D eigenvalue weighted by atomic mass is 10.1. The summed E-state index contributed by atoms with van der Waals surface area (Å²) in [5.74, 6) is -0.199. The van der Waals surface area contributed by atoms with Crippen molar-refractivity contribution in [2.24, 2.45) is 0 Å². The first-order valence-corrected chi connectivity index (χ1v) is 5.83. The standard InChI is InChI=1S/C13H13N3O2/c14-15-9-12(17)11-7-4-8-16(11)13(18)10-5-2-1-3-6-10/h1-3,5-6,9,11H,4,7-8H2/p+1/b12-9-. The number of benzene rings is 1. The van der Waals surface area contributed by atoms with E-state index in [1.165, 1.54) is 0 Å². The zero-order chi connectivity index (χ0) is 13.0. The van der Waals surface area contributed by atoms with E-state index in [4.69, 9.17) is 5.39 Å². The molecule has 0 radical (unpaired) electrons. The molecular weight excluding hydrogens is 230 g/mol. The Hall–Kier alpha value is -2.35. The lowest BCUT2D eigenvalue weighted by Gasteiger charge is -2.22. The summed E-state index contributed by atoms with van der Waals surface area (Å²) in [6, 6.07) is 8.55. The molecule has 1 aliphatic rings. The van der Waals surface area contributed by atoms with Crippen LogP contribution in [0.2, 0.25) is 0 Å². The number of aliphatic hydroxyl groups excluding tert-OH is 1. The number of diazo groups is 1. The Morgan fingerprint density at radius 2 is 2.17 bits per heavy atom. The van der Waals surface area contributed by atoms with Gasteiger partial charge < -0.3 is 10.0 Å². The van der Waals surface area contributed by atoms with Crippen LogP contribution in [0.4, 0.5) is 0 Å². The highest BCUT2D eigenvalue weighted by Crippen LogP contribution is 2.24. The largest absolute Gasteiger partial charge is 0.504 e. The summed E-state index contributed by atoms with van der Waals surface area (Å²) in [5.41, 5.74) is 0.595. The SMILES string of the molecule is N#[N+]/C=C(\O)C1CCCN1C(=O)c1ccccc1. The van der Waals surface area contributed by atoms with Gasteiger partial charge in [-0.2, -0.15) is 0 Å². The Kier molecular flexibility index (Phi) is 3.58. The predicted molar refractivity (Wildman–Crippen MR) is 66.3 cm³/mol. The van der Waals surface area contributed by atoms with Gasteiger partial charge in [0.1, 0.15) is 0 Å². The first-order chi connectivity index (χ1) is 8.74. The van der Waals surface area contributed by atoms with Crippen molar-refractivity contribution >= 4 is 5.91 Å². The molecule has 2 rings (SSSR count). The normalized spacial score (nSPS) is 19.6. The van der Waals surface area contributed by atoms with Gasteiger partial charge in [-0.1, -0.05) is 18.2 Å². The molecule has 0 spiro atoms. The molecule has 1 aromatic rings. The number of amides is 1. The second-order valence-electron chi connectivity index (χ2n) is 4.19. The summed E-state index contributed by atoms with van der Waals surface area (Å²) >= 11 is 0. The summed E-state index contributed by atoms with van der Waals surface area (Å²) in [6.45, 7) is 0.599. The van der Waals surface area contributed by atoms with E-state index < -0.39 is 6.04 Å². The van der Waals surface area contributed by atoms with Crippen LogP contribution in [0.15, 0.2) is 42.3 Å². The monoisotopic (exact) mass is 244 g/mol. The fraction of sp³-hybridized carbons (Fsp3) is 0.308. The molecular formula is C13H14N3O2+. The van der Waals surface area contributed by atoms with Gasteiger partial charge in [0.25, 0.3) is 5.91 Å². The quantitative estimate of drug-likeness (QED) is 0.642. The lowest BCUT2D eigenvalue weighted by Crippen LogP contribution is -2.36. The van der Waals surface area contributed by atoms with E-state index in [-0.39, 0.29) is 11.7 Å². The molecule has 0 bridgehead atoms. The Bertz CT molecular complexity index is 505. The topological polar surface area (TPSA) is 68.7 Å². The minimum Gasteiger partial charge on any atom is -0.504 e. The lowest BCUT2D eigenvalue weighted by molar-refractivity contribution is 0.0729. The van der Waals surface area contributed by atoms with Gasteiger partial charge in [0, 0.05) is 12.1 Å². The van der Waals surface area contributed by atoms with E-state index in [1.54, 1.807) is 29.2 Å². The van der Waals surface area contributed by atoms with Gasteiger partial charge in [-0.15, -0.1) is 0 Å².